The summed E-state index contributed by atoms with van der Waals surface area (Å²) in [5, 5.41) is 2.93. The SMILES string of the molecule is CCC(Oc1ccc(C(C)(C)C)cc1)C(=O)Nc1ccc2c(c1)sc(=O)n2C(C)C. The molecule has 3 rings (SSSR count). The van der Waals surface area contributed by atoms with E-state index in [1.165, 1.54) is 16.9 Å². The highest BCUT2D eigenvalue weighted by molar-refractivity contribution is 7.16. The second-order valence-electron chi connectivity index (χ2n) is 8.79. The van der Waals surface area contributed by atoms with Crippen LogP contribution in [0.3, 0.4) is 0 Å². The van der Waals surface area contributed by atoms with E-state index in [2.05, 4.69) is 26.1 Å². The molecule has 160 valence electrons. The highest BCUT2D eigenvalue weighted by Gasteiger charge is 2.20. The van der Waals surface area contributed by atoms with E-state index in [1.54, 1.807) is 4.57 Å². The van der Waals surface area contributed by atoms with Crippen LogP contribution in [0.2, 0.25) is 0 Å². The average molecular weight is 427 g/mol. The van der Waals surface area contributed by atoms with Gasteiger partial charge in [0.05, 0.1) is 10.2 Å². The molecule has 0 radical (unpaired) electrons. The third-order valence-corrected chi connectivity index (χ3v) is 5.98. The van der Waals surface area contributed by atoms with Crippen molar-refractivity contribution in [3.05, 3.63) is 57.7 Å². The van der Waals surface area contributed by atoms with Crippen LogP contribution in [0, 0.1) is 0 Å². The van der Waals surface area contributed by atoms with Crippen molar-refractivity contribution in [2.45, 2.75) is 65.5 Å². The molecule has 0 aliphatic carbocycles. The van der Waals surface area contributed by atoms with Gasteiger partial charge in [0.1, 0.15) is 5.75 Å². The van der Waals surface area contributed by atoms with Crippen LogP contribution in [0.1, 0.15) is 59.6 Å². The number of carbonyl (C=O) groups excluding carboxylic acids is 1. The lowest BCUT2D eigenvalue weighted by atomic mass is 9.87. The third-order valence-electron chi connectivity index (χ3n) is 5.06. The summed E-state index contributed by atoms with van der Waals surface area (Å²) < 4.78 is 8.57. The monoisotopic (exact) mass is 426 g/mol. The second-order valence-corrected chi connectivity index (χ2v) is 9.79. The number of benzene rings is 2. The van der Waals surface area contributed by atoms with Crippen molar-refractivity contribution in [3.8, 4) is 5.75 Å². The summed E-state index contributed by atoms with van der Waals surface area (Å²) in [5.41, 5.74) is 2.83. The molecular weight excluding hydrogens is 396 g/mol. The number of thiazole rings is 1. The van der Waals surface area contributed by atoms with Gasteiger partial charge in [-0.1, -0.05) is 51.2 Å². The van der Waals surface area contributed by atoms with Gasteiger partial charge in [-0.15, -0.1) is 0 Å². The van der Waals surface area contributed by atoms with Crippen LogP contribution in [0.15, 0.2) is 47.3 Å². The predicted octanol–water partition coefficient (Wildman–Crippen LogP) is 5.74. The summed E-state index contributed by atoms with van der Waals surface area (Å²) in [5.74, 6) is 0.472. The third kappa shape index (κ3) is 4.75. The number of ether oxygens (including phenoxy) is 1. The zero-order valence-corrected chi connectivity index (χ0v) is 19.3. The molecule has 1 aromatic heterocycles. The number of fused-ring (bicyclic) bond motifs is 1. The number of hydrogen-bond donors (Lipinski definition) is 1. The lowest BCUT2D eigenvalue weighted by molar-refractivity contribution is -0.122. The fraction of sp³-hybridized carbons (Fsp3) is 0.417. The number of amides is 1. The van der Waals surface area contributed by atoms with Crippen molar-refractivity contribution in [2.75, 3.05) is 5.32 Å². The molecule has 5 nitrogen and oxygen atoms in total. The first-order valence-corrected chi connectivity index (χ1v) is 11.1. The normalized spacial score (nSPS) is 12.9. The van der Waals surface area contributed by atoms with Crippen LogP contribution >= 0.6 is 11.3 Å². The molecule has 0 fully saturated rings. The van der Waals surface area contributed by atoms with Crippen molar-refractivity contribution in [1.29, 1.82) is 0 Å². The molecule has 1 N–H and O–H groups in total. The highest BCUT2D eigenvalue weighted by Crippen LogP contribution is 2.26. The van der Waals surface area contributed by atoms with Gasteiger partial charge in [-0.25, -0.2) is 0 Å². The zero-order chi connectivity index (χ0) is 22.1. The number of nitrogens with zero attached hydrogens (tertiary/aromatic N) is 1. The number of hydrogen-bond acceptors (Lipinski definition) is 4. The van der Waals surface area contributed by atoms with Crippen LogP contribution in [0.25, 0.3) is 10.2 Å². The summed E-state index contributed by atoms with van der Waals surface area (Å²) in [6.45, 7) is 12.4. The summed E-state index contributed by atoms with van der Waals surface area (Å²) in [6.07, 6.45) is -0.0493. The Kier molecular flexibility index (Phi) is 6.36. The lowest BCUT2D eigenvalue weighted by Crippen LogP contribution is -2.32. The van der Waals surface area contributed by atoms with E-state index in [1.807, 2.05) is 63.2 Å². The van der Waals surface area contributed by atoms with Gasteiger partial charge < -0.3 is 10.1 Å². The Morgan fingerprint density at radius 2 is 1.80 bits per heavy atom. The lowest BCUT2D eigenvalue weighted by Gasteiger charge is -2.21. The zero-order valence-electron chi connectivity index (χ0n) is 18.5. The van der Waals surface area contributed by atoms with E-state index >= 15 is 0 Å². The summed E-state index contributed by atoms with van der Waals surface area (Å²) in [4.78, 5) is 25.0. The van der Waals surface area contributed by atoms with Crippen LogP contribution in [0.5, 0.6) is 5.75 Å². The number of aromatic nitrogens is 1. The molecule has 1 amide bonds. The largest absolute Gasteiger partial charge is 0.481 e. The maximum Gasteiger partial charge on any atom is 0.308 e. The summed E-state index contributed by atoms with van der Waals surface area (Å²) in [7, 11) is 0. The Morgan fingerprint density at radius 1 is 1.13 bits per heavy atom. The average Bonchev–Trinajstić information content (AvgIpc) is 3.00. The molecule has 0 spiro atoms. The molecule has 0 bridgehead atoms. The van der Waals surface area contributed by atoms with Gasteiger partial charge >= 0.3 is 4.87 Å². The van der Waals surface area contributed by atoms with Gasteiger partial charge in [-0.2, -0.15) is 0 Å². The molecular formula is C24H30N2O3S. The van der Waals surface area contributed by atoms with Crippen LogP contribution in [0.4, 0.5) is 5.69 Å². The molecule has 0 saturated carbocycles. The topological polar surface area (TPSA) is 60.3 Å². The molecule has 0 aliphatic rings. The minimum absolute atomic E-state index is 0.0111. The van der Waals surface area contributed by atoms with Crippen molar-refractivity contribution >= 4 is 33.1 Å². The van der Waals surface area contributed by atoms with Gasteiger partial charge in [0.2, 0.25) is 0 Å². The van der Waals surface area contributed by atoms with Gasteiger partial charge in [0.25, 0.3) is 5.91 Å². The van der Waals surface area contributed by atoms with Gasteiger partial charge in [-0.05, 0) is 61.6 Å². The molecule has 1 heterocycles. The molecule has 1 unspecified atom stereocenters. The van der Waals surface area contributed by atoms with Gasteiger partial charge in [0, 0.05) is 11.7 Å². The predicted molar refractivity (Wildman–Crippen MR) is 125 cm³/mol. The number of nitrogens with one attached hydrogen (secondary N) is 1. The van der Waals surface area contributed by atoms with Crippen molar-refractivity contribution in [2.24, 2.45) is 0 Å². The first-order valence-electron chi connectivity index (χ1n) is 10.3. The Balaban J connectivity index is 1.74. The Hall–Kier alpha value is -2.60. The first kappa shape index (κ1) is 22.1. The van der Waals surface area contributed by atoms with Crippen molar-refractivity contribution in [3.63, 3.8) is 0 Å². The first-order chi connectivity index (χ1) is 14.1. The van der Waals surface area contributed by atoms with Crippen LogP contribution in [-0.2, 0) is 10.2 Å². The van der Waals surface area contributed by atoms with E-state index in [9.17, 15) is 9.59 Å². The Bertz CT molecular complexity index is 1090. The summed E-state index contributed by atoms with van der Waals surface area (Å²) >= 11 is 1.19. The molecule has 0 saturated heterocycles. The maximum atomic E-state index is 12.8. The standard InChI is InChI=1S/C24H30N2O3S/c1-7-20(29-18-11-8-16(9-12-18)24(4,5)6)22(27)25-17-10-13-19-21(14-17)30-23(28)26(19)15(2)3/h8-15,20H,7H2,1-6H3,(H,25,27). The quantitative estimate of drug-likeness (QED) is 0.547. The van der Waals surface area contributed by atoms with E-state index in [0.717, 1.165) is 10.2 Å². The number of anilines is 1. The van der Waals surface area contributed by atoms with E-state index in [0.29, 0.717) is 17.9 Å². The molecule has 1 atom stereocenters. The second kappa shape index (κ2) is 8.64. The Morgan fingerprint density at radius 3 is 2.37 bits per heavy atom. The smallest absolute Gasteiger partial charge is 0.308 e. The van der Waals surface area contributed by atoms with Crippen LogP contribution in [-0.4, -0.2) is 16.6 Å². The minimum Gasteiger partial charge on any atom is -0.481 e. The van der Waals surface area contributed by atoms with Gasteiger partial charge in [-0.3, -0.25) is 14.2 Å². The maximum absolute atomic E-state index is 12.8. The Labute approximate surface area is 181 Å². The fourth-order valence-electron chi connectivity index (χ4n) is 3.35. The van der Waals surface area contributed by atoms with Crippen LogP contribution < -0.4 is 14.9 Å². The molecule has 2 aromatic carbocycles. The molecule has 6 heteroatoms. The highest BCUT2D eigenvalue weighted by atomic mass is 32.1. The molecule has 3 aromatic rings. The van der Waals surface area contributed by atoms with E-state index in [4.69, 9.17) is 4.74 Å². The van der Waals surface area contributed by atoms with E-state index in [-0.39, 0.29) is 22.2 Å². The number of rotatable bonds is 6. The summed E-state index contributed by atoms with van der Waals surface area (Å²) in [6, 6.07) is 13.6. The fourth-order valence-corrected chi connectivity index (χ4v) is 4.40. The minimum atomic E-state index is -0.597. The van der Waals surface area contributed by atoms with E-state index < -0.39 is 6.10 Å². The number of carbonyl (C=O) groups is 1. The van der Waals surface area contributed by atoms with Gasteiger partial charge in [0.15, 0.2) is 6.10 Å². The molecule has 0 aliphatic heterocycles. The van der Waals surface area contributed by atoms with Crippen molar-refractivity contribution < 1.29 is 9.53 Å². The van der Waals surface area contributed by atoms with Crippen molar-refractivity contribution in [1.82, 2.24) is 4.57 Å². The molecule has 30 heavy (non-hydrogen) atoms.